The van der Waals surface area contributed by atoms with Crippen LogP contribution in [0.15, 0.2) is 18.2 Å². The first-order chi connectivity index (χ1) is 8.63. The van der Waals surface area contributed by atoms with E-state index in [1.54, 1.807) is 12.1 Å². The molecule has 102 valence electrons. The van der Waals surface area contributed by atoms with Crippen LogP contribution in [0.3, 0.4) is 0 Å². The summed E-state index contributed by atoms with van der Waals surface area (Å²) < 4.78 is 13.6. The lowest BCUT2D eigenvalue weighted by Crippen LogP contribution is -2.28. The summed E-state index contributed by atoms with van der Waals surface area (Å²) in [6.45, 7) is 7.45. The molecule has 0 saturated carbocycles. The Morgan fingerprint density at radius 3 is 2.39 bits per heavy atom. The minimum absolute atomic E-state index is 0.192. The summed E-state index contributed by atoms with van der Waals surface area (Å²) in [7, 11) is 0. The van der Waals surface area contributed by atoms with Gasteiger partial charge in [0.25, 0.3) is 0 Å². The van der Waals surface area contributed by atoms with Crippen LogP contribution >= 0.6 is 11.6 Å². The Balaban J connectivity index is 2.96. The first-order valence-corrected chi connectivity index (χ1v) is 7.20. The molecule has 0 amide bonds. The van der Waals surface area contributed by atoms with Crippen LogP contribution in [0.2, 0.25) is 5.02 Å². The predicted octanol–water partition coefficient (Wildman–Crippen LogP) is 4.96. The molecule has 0 aliphatic heterocycles. The van der Waals surface area contributed by atoms with Gasteiger partial charge in [-0.25, -0.2) is 4.39 Å². The highest BCUT2D eigenvalue weighted by Gasteiger charge is 2.20. The monoisotopic (exact) mass is 271 g/mol. The molecule has 18 heavy (non-hydrogen) atoms. The fraction of sp³-hybridized carbons (Fsp3) is 0.600. The van der Waals surface area contributed by atoms with E-state index in [-0.39, 0.29) is 16.9 Å². The number of benzene rings is 1. The molecule has 0 spiro atoms. The minimum Gasteiger partial charge on any atom is -0.310 e. The molecule has 1 rings (SSSR count). The molecule has 0 heterocycles. The smallest absolute Gasteiger partial charge is 0.142 e. The van der Waals surface area contributed by atoms with Gasteiger partial charge in [0.15, 0.2) is 0 Å². The van der Waals surface area contributed by atoms with Crippen LogP contribution in [-0.2, 0) is 0 Å². The number of hydrogen-bond donors (Lipinski definition) is 1. The molecule has 0 saturated heterocycles. The lowest BCUT2D eigenvalue weighted by molar-refractivity contribution is 0.340. The van der Waals surface area contributed by atoms with Gasteiger partial charge in [-0.2, -0.15) is 0 Å². The van der Waals surface area contributed by atoms with Gasteiger partial charge in [0, 0.05) is 6.04 Å². The van der Waals surface area contributed by atoms with E-state index in [0.29, 0.717) is 5.92 Å². The van der Waals surface area contributed by atoms with Crippen LogP contribution in [0.25, 0.3) is 0 Å². The Hall–Kier alpha value is -0.600. The van der Waals surface area contributed by atoms with Gasteiger partial charge in [-0.3, -0.25) is 0 Å². The predicted molar refractivity (Wildman–Crippen MR) is 76.5 cm³/mol. The van der Waals surface area contributed by atoms with Gasteiger partial charge in [-0.15, -0.1) is 0 Å². The Bertz CT molecular complexity index is 364. The second kappa shape index (κ2) is 7.75. The van der Waals surface area contributed by atoms with Gasteiger partial charge in [-0.1, -0.05) is 51.3 Å². The summed E-state index contributed by atoms with van der Waals surface area (Å²) in [5.41, 5.74) is 0.999. The molecule has 0 aliphatic rings. The van der Waals surface area contributed by atoms with E-state index in [9.17, 15) is 4.39 Å². The van der Waals surface area contributed by atoms with Gasteiger partial charge >= 0.3 is 0 Å². The Labute approximate surface area is 115 Å². The highest BCUT2D eigenvalue weighted by Crippen LogP contribution is 2.29. The molecule has 1 N–H and O–H groups in total. The topological polar surface area (TPSA) is 12.0 Å². The molecule has 0 radical (unpaired) electrons. The second-order valence-corrected chi connectivity index (χ2v) is 5.09. The summed E-state index contributed by atoms with van der Waals surface area (Å²) in [5, 5.41) is 3.72. The fourth-order valence-electron chi connectivity index (χ4n) is 2.32. The molecular weight excluding hydrogens is 249 g/mol. The van der Waals surface area contributed by atoms with E-state index in [0.717, 1.165) is 31.4 Å². The quantitative estimate of drug-likeness (QED) is 0.739. The van der Waals surface area contributed by atoms with Crippen LogP contribution in [0.1, 0.15) is 51.6 Å². The number of rotatable bonds is 7. The van der Waals surface area contributed by atoms with Crippen molar-refractivity contribution in [1.29, 1.82) is 0 Å². The Morgan fingerprint density at radius 2 is 1.89 bits per heavy atom. The van der Waals surface area contributed by atoms with Crippen molar-refractivity contribution in [3.05, 3.63) is 34.6 Å². The van der Waals surface area contributed by atoms with Crippen molar-refractivity contribution in [2.45, 2.75) is 46.1 Å². The second-order valence-electron chi connectivity index (χ2n) is 4.68. The molecule has 0 aromatic heterocycles. The minimum atomic E-state index is -0.330. The van der Waals surface area contributed by atoms with Gasteiger partial charge in [0.1, 0.15) is 5.82 Å². The van der Waals surface area contributed by atoms with Crippen LogP contribution < -0.4 is 5.32 Å². The van der Waals surface area contributed by atoms with E-state index in [1.165, 1.54) is 0 Å². The standard InChI is InChI=1S/C15H23ClFN/c1-4-9-18-15(11(5-2)6-3)12-7-8-13(16)14(17)10-12/h7-8,10-11,15,18H,4-6,9H2,1-3H3. The number of hydrogen-bond acceptors (Lipinski definition) is 1. The van der Waals surface area contributed by atoms with E-state index in [2.05, 4.69) is 26.1 Å². The molecule has 1 aromatic rings. The maximum Gasteiger partial charge on any atom is 0.142 e. The fourth-order valence-corrected chi connectivity index (χ4v) is 2.44. The van der Waals surface area contributed by atoms with Crippen LogP contribution in [0.5, 0.6) is 0 Å². The zero-order valence-electron chi connectivity index (χ0n) is 11.5. The first-order valence-electron chi connectivity index (χ1n) is 6.82. The Morgan fingerprint density at radius 1 is 1.22 bits per heavy atom. The molecule has 3 heteroatoms. The van der Waals surface area contributed by atoms with Crippen molar-refractivity contribution in [3.63, 3.8) is 0 Å². The summed E-state index contributed by atoms with van der Waals surface area (Å²) in [6, 6.07) is 5.35. The summed E-state index contributed by atoms with van der Waals surface area (Å²) in [6.07, 6.45) is 3.25. The lowest BCUT2D eigenvalue weighted by atomic mass is 9.88. The third-order valence-corrected chi connectivity index (χ3v) is 3.74. The maximum absolute atomic E-state index is 13.6. The van der Waals surface area contributed by atoms with Crippen LogP contribution in [-0.4, -0.2) is 6.54 Å². The zero-order chi connectivity index (χ0) is 13.5. The molecule has 1 unspecified atom stereocenters. The van der Waals surface area contributed by atoms with Crippen molar-refractivity contribution >= 4 is 11.6 Å². The van der Waals surface area contributed by atoms with E-state index < -0.39 is 0 Å². The number of halogens is 2. The van der Waals surface area contributed by atoms with Crippen molar-refractivity contribution in [2.75, 3.05) is 6.54 Å². The van der Waals surface area contributed by atoms with Crippen molar-refractivity contribution in [1.82, 2.24) is 5.32 Å². The van der Waals surface area contributed by atoms with Gasteiger partial charge in [0.05, 0.1) is 5.02 Å². The van der Waals surface area contributed by atoms with Crippen molar-refractivity contribution in [2.24, 2.45) is 5.92 Å². The normalized spacial score (nSPS) is 13.0. The zero-order valence-corrected chi connectivity index (χ0v) is 12.2. The third kappa shape index (κ3) is 3.96. The molecule has 1 aromatic carbocycles. The summed E-state index contributed by atoms with van der Waals surface area (Å²) in [4.78, 5) is 0. The van der Waals surface area contributed by atoms with Gasteiger partial charge < -0.3 is 5.32 Å². The largest absolute Gasteiger partial charge is 0.310 e. The highest BCUT2D eigenvalue weighted by molar-refractivity contribution is 6.30. The van der Waals surface area contributed by atoms with Gasteiger partial charge in [0.2, 0.25) is 0 Å². The van der Waals surface area contributed by atoms with Crippen molar-refractivity contribution in [3.8, 4) is 0 Å². The lowest BCUT2D eigenvalue weighted by Gasteiger charge is -2.27. The molecule has 1 atom stereocenters. The molecule has 1 nitrogen and oxygen atoms in total. The summed E-state index contributed by atoms with van der Waals surface area (Å²) in [5.74, 6) is 0.195. The number of nitrogens with one attached hydrogen (secondary N) is 1. The first kappa shape index (κ1) is 15.5. The SMILES string of the molecule is CCCNC(c1ccc(Cl)c(F)c1)C(CC)CC. The van der Waals surface area contributed by atoms with Gasteiger partial charge in [-0.05, 0) is 36.6 Å². The third-order valence-electron chi connectivity index (χ3n) is 3.44. The average Bonchev–Trinajstić information content (AvgIpc) is 2.38. The van der Waals surface area contributed by atoms with E-state index in [1.807, 2.05) is 6.07 Å². The van der Waals surface area contributed by atoms with Crippen molar-refractivity contribution < 1.29 is 4.39 Å². The maximum atomic E-state index is 13.6. The summed E-state index contributed by atoms with van der Waals surface area (Å²) >= 11 is 5.74. The molecular formula is C15H23ClFN. The Kier molecular flexibility index (Phi) is 6.66. The molecule has 0 bridgehead atoms. The van der Waals surface area contributed by atoms with Crippen LogP contribution in [0.4, 0.5) is 4.39 Å². The van der Waals surface area contributed by atoms with E-state index >= 15 is 0 Å². The molecule has 0 fully saturated rings. The average molecular weight is 272 g/mol. The molecule has 0 aliphatic carbocycles. The van der Waals surface area contributed by atoms with E-state index in [4.69, 9.17) is 11.6 Å². The van der Waals surface area contributed by atoms with Crippen LogP contribution in [0, 0.1) is 11.7 Å². The highest BCUT2D eigenvalue weighted by atomic mass is 35.5.